The lowest BCUT2D eigenvalue weighted by Crippen LogP contribution is -2.84. The molecular weight excluding hydrogens is 344 g/mol. The van der Waals surface area contributed by atoms with Crippen LogP contribution in [0, 0.1) is 11.8 Å². The quantitative estimate of drug-likeness (QED) is 0.674. The van der Waals surface area contributed by atoms with E-state index in [2.05, 4.69) is 89.3 Å². The first kappa shape index (κ1) is 21.1. The van der Waals surface area contributed by atoms with Gasteiger partial charge in [-0.15, -0.1) is 0 Å². The van der Waals surface area contributed by atoms with E-state index in [4.69, 9.17) is 0 Å². The van der Waals surface area contributed by atoms with E-state index in [1.165, 1.54) is 25.7 Å². The molecule has 4 heteroatoms. The Morgan fingerprint density at radius 2 is 0.821 bits per heavy atom. The summed E-state index contributed by atoms with van der Waals surface area (Å²) in [5.41, 5.74) is 0.388. The topological polar surface area (TPSA) is 13.0 Å². The summed E-state index contributed by atoms with van der Waals surface area (Å²) in [5, 5.41) is 11.3. The SMILES string of the molecule is CC(C)N1[C@H]2CC[C@H](C3C2[C@H]2CC[C@@H]3N(C(C)(C)C)N2C(C)C)N1C(C)(C)C. The summed E-state index contributed by atoms with van der Waals surface area (Å²) in [4.78, 5) is 0. The Kier molecular flexibility index (Phi) is 5.02. The molecule has 4 saturated heterocycles. The summed E-state index contributed by atoms with van der Waals surface area (Å²) >= 11 is 0. The van der Waals surface area contributed by atoms with Gasteiger partial charge >= 0.3 is 0 Å². The van der Waals surface area contributed by atoms with Crippen molar-refractivity contribution in [2.45, 2.75) is 142 Å². The van der Waals surface area contributed by atoms with E-state index in [-0.39, 0.29) is 11.1 Å². The molecule has 28 heavy (non-hydrogen) atoms. The maximum atomic E-state index is 2.84. The molecule has 2 aliphatic carbocycles. The van der Waals surface area contributed by atoms with Crippen molar-refractivity contribution in [3.63, 3.8) is 0 Å². The Morgan fingerprint density at radius 3 is 1.11 bits per heavy atom. The van der Waals surface area contributed by atoms with Crippen LogP contribution in [0.5, 0.6) is 0 Å². The minimum Gasteiger partial charge on any atom is -0.235 e. The fraction of sp³-hybridized carbons (Fsp3) is 1.00. The maximum Gasteiger partial charge on any atom is 0.0300 e. The van der Waals surface area contributed by atoms with Gasteiger partial charge in [0, 0.05) is 47.3 Å². The molecule has 0 aromatic heterocycles. The van der Waals surface area contributed by atoms with Crippen LogP contribution in [0.4, 0.5) is 0 Å². The van der Waals surface area contributed by atoms with Crippen LogP contribution in [0.15, 0.2) is 0 Å². The van der Waals surface area contributed by atoms with Crippen LogP contribution >= 0.6 is 0 Å². The molecule has 2 unspecified atom stereocenters. The molecule has 0 radical (unpaired) electrons. The predicted octanol–water partition coefficient (Wildman–Crippen LogP) is 4.76. The molecule has 4 aliphatic heterocycles. The minimum atomic E-state index is 0.194. The molecule has 6 aliphatic rings. The normalized spacial score (nSPS) is 40.7. The van der Waals surface area contributed by atoms with Crippen molar-refractivity contribution in [1.29, 1.82) is 0 Å². The van der Waals surface area contributed by atoms with Gasteiger partial charge in [0.2, 0.25) is 0 Å². The largest absolute Gasteiger partial charge is 0.235 e. The summed E-state index contributed by atoms with van der Waals surface area (Å²) < 4.78 is 0. The number of fused-ring (bicyclic) bond motifs is 4. The molecule has 6 rings (SSSR count). The highest BCUT2D eigenvalue weighted by molar-refractivity contribution is 5.16. The van der Waals surface area contributed by atoms with Gasteiger partial charge in [0.25, 0.3) is 0 Å². The lowest BCUT2D eigenvalue weighted by atomic mass is 9.57. The molecule has 0 aromatic rings. The minimum absolute atomic E-state index is 0.194. The standard InChI is InChI=1S/C24H46N4/c1-15(2)25-17-11-13-19(27(25)23(5,6)7)22-20-14-12-18(21(17)22)26(16(3)4)28(20)24(8,9)10/h15-22H,11-14H2,1-10H3/t17-,18+,19+,20-,21?,22?. The van der Waals surface area contributed by atoms with Crippen LogP contribution in [0.25, 0.3) is 0 Å². The van der Waals surface area contributed by atoms with Crippen molar-refractivity contribution >= 4 is 0 Å². The Balaban J connectivity index is 1.81. The lowest BCUT2D eigenvalue weighted by molar-refractivity contribution is -0.336. The molecule has 6 fully saturated rings. The third-order valence-corrected chi connectivity index (χ3v) is 7.98. The van der Waals surface area contributed by atoms with E-state index in [1.807, 2.05) is 0 Å². The second-order valence-electron chi connectivity index (χ2n) is 12.6. The highest BCUT2D eigenvalue weighted by Gasteiger charge is 2.65. The second kappa shape index (κ2) is 6.67. The van der Waals surface area contributed by atoms with Gasteiger partial charge in [-0.2, -0.15) is 0 Å². The van der Waals surface area contributed by atoms with E-state index < -0.39 is 0 Å². The zero-order valence-electron chi connectivity index (χ0n) is 20.2. The monoisotopic (exact) mass is 390 g/mol. The summed E-state index contributed by atoms with van der Waals surface area (Å²) in [6, 6.07) is 3.99. The van der Waals surface area contributed by atoms with Gasteiger partial charge in [0.05, 0.1) is 0 Å². The van der Waals surface area contributed by atoms with E-state index in [9.17, 15) is 0 Å². The summed E-state index contributed by atoms with van der Waals surface area (Å²) in [6.07, 6.45) is 5.55. The summed E-state index contributed by atoms with van der Waals surface area (Å²) in [6.45, 7) is 24.2. The van der Waals surface area contributed by atoms with Gasteiger partial charge in [-0.3, -0.25) is 0 Å². The number of hydrazine groups is 2. The molecule has 0 N–H and O–H groups in total. The Hall–Kier alpha value is -0.160. The van der Waals surface area contributed by atoms with Crippen LogP contribution in [-0.4, -0.2) is 67.4 Å². The molecule has 4 nitrogen and oxygen atoms in total. The predicted molar refractivity (Wildman–Crippen MR) is 118 cm³/mol. The number of hydrogen-bond acceptors (Lipinski definition) is 4. The first-order chi connectivity index (χ1) is 12.9. The number of nitrogens with zero attached hydrogens (tertiary/aromatic N) is 4. The molecule has 0 spiro atoms. The van der Waals surface area contributed by atoms with Gasteiger partial charge < -0.3 is 0 Å². The van der Waals surface area contributed by atoms with Crippen LogP contribution in [0.3, 0.4) is 0 Å². The zero-order valence-corrected chi connectivity index (χ0v) is 20.2. The van der Waals surface area contributed by atoms with E-state index in [1.54, 1.807) is 0 Å². The fourth-order valence-electron chi connectivity index (χ4n) is 7.79. The van der Waals surface area contributed by atoms with Crippen molar-refractivity contribution in [2.75, 3.05) is 0 Å². The van der Waals surface area contributed by atoms with E-state index in [0.717, 1.165) is 11.8 Å². The molecule has 0 amide bonds. The van der Waals surface area contributed by atoms with Crippen molar-refractivity contribution < 1.29 is 0 Å². The summed E-state index contributed by atoms with van der Waals surface area (Å²) in [7, 11) is 0. The van der Waals surface area contributed by atoms with Crippen molar-refractivity contribution in [3.05, 3.63) is 0 Å². The second-order valence-corrected chi connectivity index (χ2v) is 12.6. The van der Waals surface area contributed by atoms with Crippen LogP contribution < -0.4 is 0 Å². The van der Waals surface area contributed by atoms with Gasteiger partial charge in [0.15, 0.2) is 0 Å². The zero-order chi connectivity index (χ0) is 20.8. The molecular formula is C24H46N4. The molecule has 2 saturated carbocycles. The fourth-order valence-corrected chi connectivity index (χ4v) is 7.79. The molecule has 6 atom stereocenters. The molecule has 4 bridgehead atoms. The first-order valence-electron chi connectivity index (χ1n) is 12.0. The maximum absolute atomic E-state index is 2.84. The van der Waals surface area contributed by atoms with Gasteiger partial charge in [-0.05, 0) is 107 Å². The third-order valence-electron chi connectivity index (χ3n) is 7.98. The third kappa shape index (κ3) is 2.92. The smallest absolute Gasteiger partial charge is 0.0300 e. The average molecular weight is 391 g/mol. The highest BCUT2D eigenvalue weighted by atomic mass is 15.7. The van der Waals surface area contributed by atoms with Crippen molar-refractivity contribution in [1.82, 2.24) is 20.0 Å². The van der Waals surface area contributed by atoms with Crippen molar-refractivity contribution in [3.8, 4) is 0 Å². The van der Waals surface area contributed by atoms with Crippen LogP contribution in [0.2, 0.25) is 0 Å². The highest BCUT2D eigenvalue weighted by Crippen LogP contribution is 2.58. The Morgan fingerprint density at radius 1 is 0.536 bits per heavy atom. The van der Waals surface area contributed by atoms with Crippen LogP contribution in [-0.2, 0) is 0 Å². The van der Waals surface area contributed by atoms with Gasteiger partial charge in [0.1, 0.15) is 0 Å². The first-order valence-corrected chi connectivity index (χ1v) is 12.0. The Labute approximate surface area is 174 Å². The Bertz CT molecular complexity index is 536. The molecule has 4 heterocycles. The lowest BCUT2D eigenvalue weighted by Gasteiger charge is -2.74. The average Bonchev–Trinajstić information content (AvgIpc) is 2.59. The van der Waals surface area contributed by atoms with E-state index >= 15 is 0 Å². The van der Waals surface area contributed by atoms with Gasteiger partial charge in [-0.1, -0.05) is 0 Å². The molecule has 162 valence electrons. The number of hydrogen-bond donors (Lipinski definition) is 0. The van der Waals surface area contributed by atoms with Gasteiger partial charge in [-0.25, -0.2) is 20.0 Å². The van der Waals surface area contributed by atoms with Crippen molar-refractivity contribution in [2.24, 2.45) is 11.8 Å². The molecule has 0 aromatic carbocycles. The number of rotatable bonds is 2. The summed E-state index contributed by atoms with van der Waals surface area (Å²) in [5.74, 6) is 1.65. The van der Waals surface area contributed by atoms with E-state index in [0.29, 0.717) is 36.3 Å². The van der Waals surface area contributed by atoms with Crippen LogP contribution in [0.1, 0.15) is 94.9 Å².